The lowest BCUT2D eigenvalue weighted by Gasteiger charge is -2.27. The number of carboxylic acids is 2. The number of amides is 6. The van der Waals surface area contributed by atoms with E-state index in [1.54, 1.807) is 36.6 Å². The van der Waals surface area contributed by atoms with E-state index >= 15 is 0 Å². The second kappa shape index (κ2) is 26.0. The number of hydrogen-bond donors (Lipinski definition) is 13. The molecule has 23 heteroatoms. The van der Waals surface area contributed by atoms with Gasteiger partial charge in [0.2, 0.25) is 35.4 Å². The van der Waals surface area contributed by atoms with E-state index in [1.807, 2.05) is 0 Å². The second-order valence-electron chi connectivity index (χ2n) is 14.2. The van der Waals surface area contributed by atoms with Crippen LogP contribution in [0.25, 0.3) is 0 Å². The first-order chi connectivity index (χ1) is 30.0. The van der Waals surface area contributed by atoms with Crippen LogP contribution in [0.4, 0.5) is 0 Å². The molecule has 0 saturated carbocycles. The number of nitrogens with one attached hydrogen (secondary N) is 7. The van der Waals surface area contributed by atoms with Crippen LogP contribution in [-0.2, 0) is 57.6 Å². The van der Waals surface area contributed by atoms with E-state index in [4.69, 9.17) is 5.73 Å². The Kier molecular flexibility index (Phi) is 21.0. The molecule has 22 nitrogen and oxygen atoms in total. The Morgan fingerprint density at radius 1 is 0.635 bits per heavy atom. The molecule has 0 spiro atoms. The molecule has 1 heterocycles. The number of imidazole rings is 1. The Morgan fingerprint density at radius 3 is 1.67 bits per heavy atom. The lowest BCUT2D eigenvalue weighted by atomic mass is 10.0. The minimum atomic E-state index is -1.70. The van der Waals surface area contributed by atoms with E-state index < -0.39 is 116 Å². The number of phenolic OH excluding ortho intramolecular Hbond substituents is 1. The largest absolute Gasteiger partial charge is 0.508 e. The quantitative estimate of drug-likeness (QED) is 0.0364. The highest BCUT2D eigenvalue weighted by atomic mass is 32.2. The predicted octanol–water partition coefficient (Wildman–Crippen LogP) is -2.93. The number of carbonyl (C=O) groups excluding carboxylic acids is 6. The minimum Gasteiger partial charge on any atom is -0.508 e. The van der Waals surface area contributed by atoms with Crippen molar-refractivity contribution in [2.24, 2.45) is 5.73 Å². The number of aliphatic hydroxyl groups is 2. The Balaban J connectivity index is 1.81. The zero-order chi connectivity index (χ0) is 46.5. The molecular formula is C40H53N9O13S. The summed E-state index contributed by atoms with van der Waals surface area (Å²) in [5.41, 5.74) is 7.05. The predicted molar refractivity (Wildman–Crippen MR) is 225 cm³/mol. The maximum atomic E-state index is 13.9. The minimum absolute atomic E-state index is 0.0560. The molecule has 0 unspecified atom stereocenters. The molecular weight excluding hydrogens is 847 g/mol. The van der Waals surface area contributed by atoms with Crippen molar-refractivity contribution in [2.75, 3.05) is 25.2 Å². The van der Waals surface area contributed by atoms with Gasteiger partial charge in [-0.2, -0.15) is 11.8 Å². The number of rotatable bonds is 27. The molecule has 2 aromatic carbocycles. The highest BCUT2D eigenvalue weighted by Gasteiger charge is 2.34. The van der Waals surface area contributed by atoms with Crippen molar-refractivity contribution in [3.05, 3.63) is 83.9 Å². The van der Waals surface area contributed by atoms with Gasteiger partial charge in [-0.25, -0.2) is 9.78 Å². The van der Waals surface area contributed by atoms with Crippen LogP contribution < -0.4 is 37.6 Å². The van der Waals surface area contributed by atoms with Gasteiger partial charge in [-0.3, -0.25) is 33.6 Å². The summed E-state index contributed by atoms with van der Waals surface area (Å²) >= 11 is 1.29. The first kappa shape index (κ1) is 50.8. The molecule has 0 aliphatic heterocycles. The third kappa shape index (κ3) is 17.4. The molecule has 0 fully saturated rings. The van der Waals surface area contributed by atoms with Crippen molar-refractivity contribution in [3.8, 4) is 5.75 Å². The molecule has 0 aliphatic carbocycles. The van der Waals surface area contributed by atoms with Gasteiger partial charge in [0.05, 0.1) is 19.5 Å². The van der Waals surface area contributed by atoms with Gasteiger partial charge in [-0.15, -0.1) is 0 Å². The molecule has 0 radical (unpaired) electrons. The highest BCUT2D eigenvalue weighted by Crippen LogP contribution is 2.13. The molecule has 342 valence electrons. The van der Waals surface area contributed by atoms with Crippen molar-refractivity contribution in [2.45, 2.75) is 80.8 Å². The van der Waals surface area contributed by atoms with E-state index in [0.29, 0.717) is 16.8 Å². The Bertz CT molecular complexity index is 1990. The van der Waals surface area contributed by atoms with Crippen LogP contribution in [0, 0.1) is 0 Å². The number of hydrogen-bond acceptors (Lipinski definition) is 14. The zero-order valence-corrected chi connectivity index (χ0v) is 35.0. The van der Waals surface area contributed by atoms with Gasteiger partial charge in [0.15, 0.2) is 0 Å². The monoisotopic (exact) mass is 899 g/mol. The number of nitrogens with zero attached hydrogens (tertiary/aromatic N) is 1. The van der Waals surface area contributed by atoms with E-state index in [9.17, 15) is 63.9 Å². The van der Waals surface area contributed by atoms with E-state index in [0.717, 1.165) is 0 Å². The fourth-order valence-corrected chi connectivity index (χ4v) is 6.38. The van der Waals surface area contributed by atoms with Crippen molar-refractivity contribution >= 4 is 59.1 Å². The number of H-pyrrole nitrogens is 1. The summed E-state index contributed by atoms with van der Waals surface area (Å²) in [5, 5.41) is 63.0. The van der Waals surface area contributed by atoms with Crippen LogP contribution in [-0.4, -0.2) is 150 Å². The number of thioether (sulfide) groups is 1. The molecule has 6 amide bonds. The molecule has 63 heavy (non-hydrogen) atoms. The Labute approximate surface area is 365 Å². The molecule has 0 bridgehead atoms. The Morgan fingerprint density at radius 2 is 1.13 bits per heavy atom. The highest BCUT2D eigenvalue weighted by molar-refractivity contribution is 7.98. The average molecular weight is 900 g/mol. The number of carboxylic acid groups (broad SMARTS) is 2. The third-order valence-corrected chi connectivity index (χ3v) is 10.0. The van der Waals surface area contributed by atoms with Gasteiger partial charge in [0, 0.05) is 37.6 Å². The smallest absolute Gasteiger partial charge is 0.326 e. The number of aliphatic hydroxyl groups excluding tert-OH is 2. The summed E-state index contributed by atoms with van der Waals surface area (Å²) in [6, 6.07) is 3.70. The summed E-state index contributed by atoms with van der Waals surface area (Å²) in [7, 11) is 0. The summed E-state index contributed by atoms with van der Waals surface area (Å²) in [4.78, 5) is 111. The number of aromatic amines is 1. The molecule has 7 atom stereocenters. The normalized spacial score (nSPS) is 14.3. The molecule has 14 N–H and O–H groups in total. The van der Waals surface area contributed by atoms with Crippen LogP contribution in [0.3, 0.4) is 0 Å². The van der Waals surface area contributed by atoms with Crippen LogP contribution in [0.15, 0.2) is 67.1 Å². The molecule has 0 aliphatic rings. The fourth-order valence-electron chi connectivity index (χ4n) is 5.91. The second-order valence-corrected chi connectivity index (χ2v) is 15.2. The Hall–Kier alpha value is -6.56. The summed E-state index contributed by atoms with van der Waals surface area (Å²) in [5.74, 6) is -8.30. The van der Waals surface area contributed by atoms with Crippen LogP contribution in [0.5, 0.6) is 5.75 Å². The van der Waals surface area contributed by atoms with Crippen LogP contribution >= 0.6 is 11.8 Å². The standard InChI is InChI=1S/C40H53N9O13S/c1-63-14-13-28(45-39(60)32(20-51)49-37(58)29(46-34(55)26(41)19-50)15-23-7-9-25(52)10-8-23)36(57)44-27(11-12-33(53)54)35(56)47-30(17-24-18-42-21-43-24)38(59)48-31(40(61)62)16-22-5-3-2-4-6-22/h2-10,18,21,26-32,50-52H,11-17,19-20,41H2,1H3,(H,42,43)(H,44,57)(H,45,60)(H,46,55)(H,47,56)(H,48,59)(H,49,58)(H,53,54)(H,61,62)/t26-,27-,28-,29-,30-,31-,32-/m0/s1. The number of phenols is 1. The molecule has 3 rings (SSSR count). The number of benzene rings is 2. The van der Waals surface area contributed by atoms with Crippen molar-refractivity contribution < 1.29 is 63.9 Å². The third-order valence-electron chi connectivity index (χ3n) is 9.39. The summed E-state index contributed by atoms with van der Waals surface area (Å²) in [6.07, 6.45) is 2.75. The van der Waals surface area contributed by atoms with Gasteiger partial charge >= 0.3 is 11.9 Å². The van der Waals surface area contributed by atoms with E-state index in [1.165, 1.54) is 48.6 Å². The number of aromatic nitrogens is 2. The maximum Gasteiger partial charge on any atom is 0.326 e. The first-order valence-electron chi connectivity index (χ1n) is 19.6. The average Bonchev–Trinajstić information content (AvgIpc) is 3.78. The van der Waals surface area contributed by atoms with E-state index in [2.05, 4.69) is 41.9 Å². The number of aromatic hydroxyl groups is 1. The SMILES string of the molecule is CSCC[C@H](NC(=O)[C@H](CO)NC(=O)[C@H](Cc1ccc(O)cc1)NC(=O)[C@@H](N)CO)C(=O)N[C@@H](CCC(=O)O)C(=O)N[C@@H](Cc1cnc[nH]1)C(=O)N[C@@H](Cc1ccccc1)C(=O)O. The van der Waals surface area contributed by atoms with Crippen molar-refractivity contribution in [1.82, 2.24) is 41.9 Å². The molecule has 0 saturated heterocycles. The first-order valence-corrected chi connectivity index (χ1v) is 21.0. The lowest BCUT2D eigenvalue weighted by molar-refractivity contribution is -0.142. The number of nitrogens with two attached hydrogens (primary N) is 1. The van der Waals surface area contributed by atoms with Gasteiger partial charge in [0.1, 0.15) is 48.0 Å². The topological polar surface area (TPSA) is 365 Å². The molecule has 1 aromatic heterocycles. The fraction of sp³-hybridized carbons (Fsp3) is 0.425. The van der Waals surface area contributed by atoms with Gasteiger partial charge in [-0.1, -0.05) is 42.5 Å². The number of aliphatic carboxylic acids is 2. The van der Waals surface area contributed by atoms with Crippen LogP contribution in [0.2, 0.25) is 0 Å². The van der Waals surface area contributed by atoms with Gasteiger partial charge in [-0.05, 0) is 48.1 Å². The summed E-state index contributed by atoms with van der Waals surface area (Å²) in [6.45, 7) is -1.73. The van der Waals surface area contributed by atoms with Gasteiger partial charge in [0.25, 0.3) is 0 Å². The van der Waals surface area contributed by atoms with Crippen LogP contribution in [0.1, 0.15) is 36.1 Å². The maximum absolute atomic E-state index is 13.9. The van der Waals surface area contributed by atoms with Crippen molar-refractivity contribution in [3.63, 3.8) is 0 Å². The molecule has 3 aromatic rings. The number of carbonyl (C=O) groups is 8. The van der Waals surface area contributed by atoms with E-state index in [-0.39, 0.29) is 37.2 Å². The zero-order valence-electron chi connectivity index (χ0n) is 34.2. The summed E-state index contributed by atoms with van der Waals surface area (Å²) < 4.78 is 0. The van der Waals surface area contributed by atoms with Crippen molar-refractivity contribution in [1.29, 1.82) is 0 Å². The van der Waals surface area contributed by atoms with Gasteiger partial charge < -0.3 is 68.2 Å². The lowest BCUT2D eigenvalue weighted by Crippen LogP contribution is -2.61.